The van der Waals surface area contributed by atoms with Crippen LogP contribution in [0.25, 0.3) is 11.4 Å². The Bertz CT molecular complexity index is 1290. The standard InChI is InChI=1S/C18H24N2.C10H18Si2.C10H16Si2.2CH3.Ru/c1-17(2,3)13-7-9-19-15(11-13)16-12-14(8-10-20-16)18(4,5)6;2*1-11(2)9-7-5-6-8-10(9)12(3)4;;;/h7-12H,1-6H3;5-8,11-12H,1-4H3;5-8H,1-4H3;2*1H3;/q;;;2*-1;+2. The Labute approximate surface area is 310 Å². The summed E-state index contributed by atoms with van der Waals surface area (Å²) in [7, 11) is -1.70. The normalized spacial score (nSPS) is 11.0. The summed E-state index contributed by atoms with van der Waals surface area (Å²) in [6, 6.07) is 26.4. The van der Waals surface area contributed by atoms with Gasteiger partial charge in [0.1, 0.15) is 0 Å². The van der Waals surface area contributed by atoms with Crippen LogP contribution in [0, 0.1) is 14.9 Å². The molecule has 47 heavy (non-hydrogen) atoms. The van der Waals surface area contributed by atoms with E-state index in [1.54, 1.807) is 20.7 Å². The smallest absolute Gasteiger partial charge is 0.358 e. The van der Waals surface area contributed by atoms with E-state index in [1.165, 1.54) is 11.1 Å². The zero-order valence-electron chi connectivity index (χ0n) is 32.5. The van der Waals surface area contributed by atoms with Crippen LogP contribution in [0.4, 0.5) is 0 Å². The predicted octanol–water partition coefficient (Wildman–Crippen LogP) is 8.32. The largest absolute Gasteiger partial charge is 2.00 e. The Hall–Kier alpha value is -1.77. The quantitative estimate of drug-likeness (QED) is 0.150. The molecule has 4 aromatic rings. The topological polar surface area (TPSA) is 25.8 Å². The molecule has 2 aromatic carbocycles. The van der Waals surface area contributed by atoms with Crippen LogP contribution in [-0.2, 0) is 30.3 Å². The third-order valence-corrected chi connectivity index (χ3v) is 14.9. The minimum atomic E-state index is -0.590. The molecule has 0 amide bonds. The first-order valence-corrected chi connectivity index (χ1v) is 26.9. The van der Waals surface area contributed by atoms with Crippen molar-refractivity contribution in [3.63, 3.8) is 0 Å². The van der Waals surface area contributed by atoms with Crippen LogP contribution in [-0.4, -0.2) is 45.2 Å². The van der Waals surface area contributed by atoms with Gasteiger partial charge in [0.25, 0.3) is 0 Å². The molecule has 0 spiro atoms. The number of benzene rings is 2. The summed E-state index contributed by atoms with van der Waals surface area (Å²) in [6.45, 7) is 32.4. The van der Waals surface area contributed by atoms with Gasteiger partial charge < -0.3 is 14.9 Å². The van der Waals surface area contributed by atoms with E-state index in [0.29, 0.717) is 0 Å². The molecule has 0 unspecified atom stereocenters. The van der Waals surface area contributed by atoms with Crippen molar-refractivity contribution in [1.29, 1.82) is 0 Å². The van der Waals surface area contributed by atoms with Crippen LogP contribution in [0.15, 0.2) is 85.2 Å². The van der Waals surface area contributed by atoms with Gasteiger partial charge >= 0.3 is 19.5 Å². The first-order valence-electron chi connectivity index (χ1n) is 16.2. The van der Waals surface area contributed by atoms with E-state index in [0.717, 1.165) is 11.4 Å². The Morgan fingerprint density at radius 3 is 1.06 bits per heavy atom. The SMILES string of the molecule is CC(C)(C)c1ccnc(-c2cc(C(C)(C)C)ccn2)c1.C[SiH](C)c1ccccc1[SiH](C)C.C[Si](C)c1ccccc1[Si](C)C.[CH3-].[CH3-].[Ru+2]. The molecule has 2 nitrogen and oxygen atoms in total. The van der Waals surface area contributed by atoms with Crippen LogP contribution in [0.3, 0.4) is 0 Å². The summed E-state index contributed by atoms with van der Waals surface area (Å²) in [5.41, 5.74) is 4.71. The summed E-state index contributed by atoms with van der Waals surface area (Å²) in [6.07, 6.45) is 3.75. The van der Waals surface area contributed by atoms with Crippen molar-refractivity contribution in [2.75, 3.05) is 0 Å². The molecule has 2 aromatic heterocycles. The predicted molar refractivity (Wildman–Crippen MR) is 222 cm³/mol. The van der Waals surface area contributed by atoms with Gasteiger partial charge in [-0.3, -0.25) is 9.97 Å². The van der Waals surface area contributed by atoms with Gasteiger partial charge in [-0.2, -0.15) is 0 Å². The van der Waals surface area contributed by atoms with E-state index in [4.69, 9.17) is 0 Å². The molecule has 0 aliphatic rings. The molecular weight excluding hydrogens is 722 g/mol. The molecule has 258 valence electrons. The zero-order chi connectivity index (χ0) is 33.2. The Balaban J connectivity index is 0. The minimum absolute atomic E-state index is 0. The van der Waals surface area contributed by atoms with Crippen LogP contribution >= 0.6 is 0 Å². The number of pyridine rings is 2. The fourth-order valence-electron chi connectivity index (χ4n) is 4.99. The summed E-state index contributed by atoms with van der Waals surface area (Å²) in [5.74, 6) is 0. The molecule has 2 radical (unpaired) electrons. The second-order valence-electron chi connectivity index (χ2n) is 14.8. The number of nitrogens with zero attached hydrogens (tertiary/aromatic N) is 2. The van der Waals surface area contributed by atoms with Gasteiger partial charge in [-0.15, -0.1) is 0 Å². The minimum Gasteiger partial charge on any atom is -0.358 e. The molecule has 0 saturated carbocycles. The van der Waals surface area contributed by atoms with E-state index in [1.807, 2.05) is 12.4 Å². The molecular formula is C40H64N2RuSi4. The van der Waals surface area contributed by atoms with Crippen molar-refractivity contribution in [2.24, 2.45) is 0 Å². The molecule has 0 atom stereocenters. The number of hydrogen-bond donors (Lipinski definition) is 0. The maximum Gasteiger partial charge on any atom is 2.00 e. The van der Waals surface area contributed by atoms with Gasteiger partial charge in [0.05, 0.1) is 46.6 Å². The summed E-state index contributed by atoms with van der Waals surface area (Å²) in [4.78, 5) is 8.97. The molecule has 0 fully saturated rings. The van der Waals surface area contributed by atoms with Crippen molar-refractivity contribution >= 4 is 55.9 Å². The van der Waals surface area contributed by atoms with E-state index in [9.17, 15) is 0 Å². The number of hydrogen-bond acceptors (Lipinski definition) is 2. The molecule has 0 saturated heterocycles. The third-order valence-electron chi connectivity index (χ3n) is 7.76. The van der Waals surface area contributed by atoms with Crippen LogP contribution in [0.1, 0.15) is 52.7 Å². The fourth-order valence-corrected chi connectivity index (χ4v) is 13.1. The first-order chi connectivity index (χ1) is 20.4. The van der Waals surface area contributed by atoms with Crippen molar-refractivity contribution in [1.82, 2.24) is 9.97 Å². The molecule has 0 N–H and O–H groups in total. The molecule has 0 bridgehead atoms. The van der Waals surface area contributed by atoms with E-state index < -0.39 is 17.6 Å². The zero-order valence-corrected chi connectivity index (χ0v) is 38.5. The molecule has 0 aliphatic carbocycles. The van der Waals surface area contributed by atoms with E-state index in [-0.39, 0.29) is 62.8 Å². The second kappa shape index (κ2) is 21.3. The fraction of sp³-hybridized carbons (Fsp3) is 0.400. The molecule has 7 heteroatoms. The Kier molecular flexibility index (Phi) is 21.5. The number of aromatic nitrogens is 2. The second-order valence-corrected chi connectivity index (χ2v) is 25.8. The van der Waals surface area contributed by atoms with Crippen molar-refractivity contribution in [3.05, 3.63) is 111 Å². The average molecular weight is 786 g/mol. The molecule has 4 rings (SSSR count). The van der Waals surface area contributed by atoms with Crippen LogP contribution < -0.4 is 20.7 Å². The summed E-state index contributed by atoms with van der Waals surface area (Å²) in [5, 5.41) is 6.67. The van der Waals surface area contributed by atoms with Crippen molar-refractivity contribution in [2.45, 2.75) is 105 Å². The van der Waals surface area contributed by atoms with Gasteiger partial charge in [-0.05, 0) is 46.2 Å². The van der Waals surface area contributed by atoms with Crippen molar-refractivity contribution < 1.29 is 19.5 Å². The Morgan fingerprint density at radius 2 is 0.809 bits per heavy atom. The van der Waals surface area contributed by atoms with Gasteiger partial charge in [-0.1, -0.05) is 163 Å². The first kappa shape index (κ1) is 47.3. The summed E-state index contributed by atoms with van der Waals surface area (Å²) >= 11 is 0. The van der Waals surface area contributed by atoms with Gasteiger partial charge in [-0.25, -0.2) is 0 Å². The summed E-state index contributed by atoms with van der Waals surface area (Å²) < 4.78 is 0. The van der Waals surface area contributed by atoms with E-state index in [2.05, 4.69) is 177 Å². The van der Waals surface area contributed by atoms with Crippen LogP contribution in [0.5, 0.6) is 0 Å². The maximum atomic E-state index is 4.48. The Morgan fingerprint density at radius 1 is 0.511 bits per heavy atom. The molecule has 2 heterocycles. The number of rotatable bonds is 5. The maximum absolute atomic E-state index is 4.48. The average Bonchev–Trinajstić information content (AvgIpc) is 2.97. The molecule has 0 aliphatic heterocycles. The van der Waals surface area contributed by atoms with Gasteiger partial charge in [0, 0.05) is 12.4 Å². The monoisotopic (exact) mass is 786 g/mol. The van der Waals surface area contributed by atoms with Crippen molar-refractivity contribution in [3.8, 4) is 11.4 Å². The van der Waals surface area contributed by atoms with Crippen LogP contribution in [0.2, 0.25) is 52.4 Å². The van der Waals surface area contributed by atoms with E-state index >= 15 is 0 Å². The third kappa shape index (κ3) is 15.1. The van der Waals surface area contributed by atoms with Gasteiger partial charge in [0.2, 0.25) is 0 Å². The van der Waals surface area contributed by atoms with Gasteiger partial charge in [0.15, 0.2) is 0 Å².